The van der Waals surface area contributed by atoms with Crippen molar-refractivity contribution >= 4 is 33.1 Å². The Bertz CT molecular complexity index is 668. The lowest BCUT2D eigenvalue weighted by molar-refractivity contribution is 0.214. The van der Waals surface area contributed by atoms with Crippen LogP contribution in [0.2, 0.25) is 0 Å². The van der Waals surface area contributed by atoms with Gasteiger partial charge in [-0.15, -0.1) is 0 Å². The second kappa shape index (κ2) is 7.61. The van der Waals surface area contributed by atoms with Crippen molar-refractivity contribution in [3.63, 3.8) is 0 Å². The minimum absolute atomic E-state index is 0.366. The lowest BCUT2D eigenvalue weighted by atomic mass is 10.1. The average molecular weight is 380 g/mol. The molecule has 2 aromatic carbocycles. The summed E-state index contributed by atoms with van der Waals surface area (Å²) in [5, 5.41) is 0. The van der Waals surface area contributed by atoms with Crippen molar-refractivity contribution in [2.45, 2.75) is 13.8 Å². The molecule has 0 fully saturated rings. The van der Waals surface area contributed by atoms with Crippen LogP contribution in [0, 0.1) is 13.8 Å². The molecular weight excluding hydrogens is 362 g/mol. The summed E-state index contributed by atoms with van der Waals surface area (Å²) in [6.45, 7) is 5.01. The number of rotatable bonds is 6. The van der Waals surface area contributed by atoms with Gasteiger partial charge in [0.05, 0.1) is 4.47 Å². The molecule has 5 heteroatoms. The molecule has 2 N–H and O–H groups in total. The first kappa shape index (κ1) is 16.8. The van der Waals surface area contributed by atoms with E-state index in [9.17, 15) is 0 Å². The Morgan fingerprint density at radius 3 is 2.32 bits per heavy atom. The van der Waals surface area contributed by atoms with Crippen molar-refractivity contribution in [2.24, 2.45) is 5.73 Å². The van der Waals surface area contributed by atoms with Crippen LogP contribution < -0.4 is 15.2 Å². The maximum atomic E-state index is 5.81. The van der Waals surface area contributed by atoms with Crippen LogP contribution >= 0.6 is 28.1 Å². The van der Waals surface area contributed by atoms with Gasteiger partial charge in [-0.3, -0.25) is 0 Å². The van der Waals surface area contributed by atoms with Crippen molar-refractivity contribution < 1.29 is 9.47 Å². The minimum atomic E-state index is 0.366. The number of halogens is 1. The molecule has 22 heavy (non-hydrogen) atoms. The number of benzene rings is 2. The van der Waals surface area contributed by atoms with Crippen LogP contribution in [0.3, 0.4) is 0 Å². The Balaban J connectivity index is 1.90. The fraction of sp³-hybridized carbons (Fsp3) is 0.235. The van der Waals surface area contributed by atoms with Crippen molar-refractivity contribution in [1.82, 2.24) is 0 Å². The number of hydrogen-bond acceptors (Lipinski definition) is 3. The predicted molar refractivity (Wildman–Crippen MR) is 96.9 cm³/mol. The van der Waals surface area contributed by atoms with Gasteiger partial charge in [0.1, 0.15) is 29.7 Å². The SMILES string of the molecule is Cc1cccc(C)c1OCCOc1ccc(C(N)=S)cc1Br. The number of para-hydroxylation sites is 1. The number of thiocarbonyl (C=S) groups is 1. The zero-order valence-corrected chi connectivity index (χ0v) is 15.0. The van der Waals surface area contributed by atoms with E-state index in [0.29, 0.717) is 18.2 Å². The highest BCUT2D eigenvalue weighted by molar-refractivity contribution is 9.10. The molecule has 0 saturated heterocycles. The normalized spacial score (nSPS) is 10.3. The number of nitrogens with two attached hydrogens (primary N) is 1. The molecular formula is C17H18BrNO2S. The molecule has 0 heterocycles. The molecule has 0 bridgehead atoms. The third-order valence-electron chi connectivity index (χ3n) is 3.21. The smallest absolute Gasteiger partial charge is 0.133 e. The summed E-state index contributed by atoms with van der Waals surface area (Å²) in [6.07, 6.45) is 0. The third kappa shape index (κ3) is 4.21. The summed E-state index contributed by atoms with van der Waals surface area (Å²) in [6, 6.07) is 11.6. The average Bonchev–Trinajstić information content (AvgIpc) is 2.47. The summed E-state index contributed by atoms with van der Waals surface area (Å²) in [5.41, 5.74) is 8.66. The molecule has 0 aromatic heterocycles. The van der Waals surface area contributed by atoms with Gasteiger partial charge in [-0.25, -0.2) is 0 Å². The number of hydrogen-bond donors (Lipinski definition) is 1. The van der Waals surface area contributed by atoms with Crippen molar-refractivity contribution in [3.8, 4) is 11.5 Å². The fourth-order valence-electron chi connectivity index (χ4n) is 2.09. The molecule has 0 aliphatic heterocycles. The van der Waals surface area contributed by atoms with E-state index in [1.165, 1.54) is 0 Å². The fourth-order valence-corrected chi connectivity index (χ4v) is 2.71. The van der Waals surface area contributed by atoms with E-state index in [0.717, 1.165) is 32.7 Å². The highest BCUT2D eigenvalue weighted by Gasteiger charge is 2.06. The third-order valence-corrected chi connectivity index (χ3v) is 4.07. The van der Waals surface area contributed by atoms with Crippen LogP contribution in [-0.4, -0.2) is 18.2 Å². The van der Waals surface area contributed by atoms with Crippen LogP contribution in [0.5, 0.6) is 11.5 Å². The maximum absolute atomic E-state index is 5.81. The Labute approximate surface area is 144 Å². The van der Waals surface area contributed by atoms with Crippen LogP contribution in [0.4, 0.5) is 0 Å². The summed E-state index contributed by atoms with van der Waals surface area (Å²) in [4.78, 5) is 0.366. The molecule has 2 rings (SSSR count). The molecule has 0 radical (unpaired) electrons. The Morgan fingerprint density at radius 1 is 1.09 bits per heavy atom. The van der Waals surface area contributed by atoms with Crippen LogP contribution in [0.15, 0.2) is 40.9 Å². The van der Waals surface area contributed by atoms with Crippen molar-refractivity contribution in [3.05, 3.63) is 57.6 Å². The van der Waals surface area contributed by atoms with Crippen LogP contribution in [0.1, 0.15) is 16.7 Å². The molecule has 0 amide bonds. The lowest BCUT2D eigenvalue weighted by Crippen LogP contribution is -2.11. The zero-order chi connectivity index (χ0) is 16.1. The lowest BCUT2D eigenvalue weighted by Gasteiger charge is -2.13. The van der Waals surface area contributed by atoms with E-state index in [4.69, 9.17) is 27.4 Å². The van der Waals surface area contributed by atoms with E-state index in [1.807, 2.05) is 50.2 Å². The van der Waals surface area contributed by atoms with Gasteiger partial charge in [0.15, 0.2) is 0 Å². The Hall–Kier alpha value is -1.59. The molecule has 0 aliphatic rings. The molecule has 0 atom stereocenters. The standard InChI is InChI=1S/C17H18BrNO2S/c1-11-4-3-5-12(2)16(11)21-9-8-20-15-7-6-13(17(19)22)10-14(15)18/h3-7,10H,8-9H2,1-2H3,(H2,19,22). The zero-order valence-electron chi connectivity index (χ0n) is 12.6. The van der Waals surface area contributed by atoms with Gasteiger partial charge in [0, 0.05) is 5.56 Å². The molecule has 3 nitrogen and oxygen atoms in total. The summed E-state index contributed by atoms with van der Waals surface area (Å²) in [7, 11) is 0. The van der Waals surface area contributed by atoms with Gasteiger partial charge in [-0.2, -0.15) is 0 Å². The van der Waals surface area contributed by atoms with Gasteiger partial charge >= 0.3 is 0 Å². The van der Waals surface area contributed by atoms with E-state index >= 15 is 0 Å². The number of aryl methyl sites for hydroxylation is 2. The summed E-state index contributed by atoms with van der Waals surface area (Å²) < 4.78 is 12.4. The van der Waals surface area contributed by atoms with E-state index in [2.05, 4.69) is 15.9 Å². The van der Waals surface area contributed by atoms with Gasteiger partial charge in [-0.05, 0) is 59.1 Å². The molecule has 116 valence electrons. The van der Waals surface area contributed by atoms with Crippen LogP contribution in [-0.2, 0) is 0 Å². The molecule has 2 aromatic rings. The molecule has 0 saturated carbocycles. The highest BCUT2D eigenvalue weighted by Crippen LogP contribution is 2.26. The first-order chi connectivity index (χ1) is 10.5. The van der Waals surface area contributed by atoms with Crippen molar-refractivity contribution in [2.75, 3.05) is 13.2 Å². The number of ether oxygens (including phenoxy) is 2. The second-order valence-electron chi connectivity index (χ2n) is 4.93. The largest absolute Gasteiger partial charge is 0.489 e. The van der Waals surface area contributed by atoms with Gasteiger partial charge in [0.2, 0.25) is 0 Å². The molecule has 0 unspecified atom stereocenters. The highest BCUT2D eigenvalue weighted by atomic mass is 79.9. The van der Waals surface area contributed by atoms with E-state index in [-0.39, 0.29) is 0 Å². The second-order valence-corrected chi connectivity index (χ2v) is 6.22. The minimum Gasteiger partial charge on any atom is -0.489 e. The predicted octanol–water partition coefficient (Wildman–Crippen LogP) is 4.16. The maximum Gasteiger partial charge on any atom is 0.133 e. The van der Waals surface area contributed by atoms with Gasteiger partial charge in [0.25, 0.3) is 0 Å². The molecule has 0 spiro atoms. The quantitative estimate of drug-likeness (QED) is 0.604. The topological polar surface area (TPSA) is 44.5 Å². The van der Waals surface area contributed by atoms with Crippen LogP contribution in [0.25, 0.3) is 0 Å². The van der Waals surface area contributed by atoms with E-state index in [1.54, 1.807) is 0 Å². The Kier molecular flexibility index (Phi) is 5.80. The summed E-state index contributed by atoms with van der Waals surface area (Å²) >= 11 is 8.40. The monoisotopic (exact) mass is 379 g/mol. The first-order valence-electron chi connectivity index (χ1n) is 6.90. The Morgan fingerprint density at radius 2 is 1.73 bits per heavy atom. The van der Waals surface area contributed by atoms with Gasteiger partial charge < -0.3 is 15.2 Å². The van der Waals surface area contributed by atoms with Gasteiger partial charge in [-0.1, -0.05) is 30.4 Å². The summed E-state index contributed by atoms with van der Waals surface area (Å²) in [5.74, 6) is 1.67. The van der Waals surface area contributed by atoms with E-state index < -0.39 is 0 Å². The van der Waals surface area contributed by atoms with Crippen molar-refractivity contribution in [1.29, 1.82) is 0 Å². The molecule has 0 aliphatic carbocycles. The first-order valence-corrected chi connectivity index (χ1v) is 8.10.